The normalized spacial score (nSPS) is 14.0. The lowest BCUT2D eigenvalue weighted by molar-refractivity contribution is -0.135. The molecule has 3 heterocycles. The molecule has 2 aromatic carbocycles. The maximum atomic E-state index is 13.3. The number of hydrogen-bond acceptors (Lipinski definition) is 4. The van der Waals surface area contributed by atoms with Crippen molar-refractivity contribution in [2.45, 2.75) is 6.54 Å². The summed E-state index contributed by atoms with van der Waals surface area (Å²) >= 11 is 7.56. The number of aromatic carboxylic acids is 1. The number of carboxylic acids is 1. The van der Waals surface area contributed by atoms with Gasteiger partial charge in [-0.05, 0) is 23.8 Å². The molecule has 0 saturated carbocycles. The lowest BCUT2D eigenvalue weighted by Gasteiger charge is -2.27. The fraction of sp³-hybridized carbons (Fsp3) is 0.200. The van der Waals surface area contributed by atoms with Crippen LogP contribution in [0.15, 0.2) is 60.7 Å². The number of thiophene rings is 1. The number of fused-ring (bicyclic) bond motifs is 1. The number of nitrogens with zero attached hydrogens (tertiary/aromatic N) is 2. The van der Waals surface area contributed by atoms with Crippen LogP contribution in [0.5, 0.6) is 0 Å². The summed E-state index contributed by atoms with van der Waals surface area (Å²) in [4.78, 5) is 27.1. The van der Waals surface area contributed by atoms with E-state index in [0.717, 1.165) is 32.6 Å². The van der Waals surface area contributed by atoms with Crippen LogP contribution < -0.4 is 0 Å². The first-order valence-corrected chi connectivity index (χ1v) is 11.8. The number of halogens is 1. The molecule has 6 nitrogen and oxygen atoms in total. The molecule has 0 aliphatic carbocycles. The quantitative estimate of drug-likeness (QED) is 0.423. The summed E-state index contributed by atoms with van der Waals surface area (Å²) in [6.45, 7) is 2.23. The van der Waals surface area contributed by atoms with Gasteiger partial charge >= 0.3 is 5.97 Å². The van der Waals surface area contributed by atoms with Gasteiger partial charge in [-0.2, -0.15) is 0 Å². The fourth-order valence-corrected chi connectivity index (χ4v) is 5.51. The Morgan fingerprint density at radius 2 is 1.73 bits per heavy atom. The molecule has 168 valence electrons. The molecular formula is C25H21ClN2O4S. The maximum absolute atomic E-state index is 13.3. The zero-order valence-electron chi connectivity index (χ0n) is 17.7. The largest absolute Gasteiger partial charge is 0.477 e. The molecular weight excluding hydrogens is 460 g/mol. The SMILES string of the molecule is O=C(O)c1cc2c(s1)c(-c1ccccc1)c(-c1cccc(Cl)c1)n2CC(=O)N1CCOCC1. The van der Waals surface area contributed by atoms with Gasteiger partial charge in [-0.3, -0.25) is 4.79 Å². The number of morpholine rings is 1. The van der Waals surface area contributed by atoms with Crippen molar-refractivity contribution in [2.24, 2.45) is 0 Å². The monoisotopic (exact) mass is 480 g/mol. The second kappa shape index (κ2) is 9.02. The molecule has 0 radical (unpaired) electrons. The molecule has 1 fully saturated rings. The van der Waals surface area contributed by atoms with Gasteiger partial charge in [-0.1, -0.05) is 54.1 Å². The van der Waals surface area contributed by atoms with Gasteiger partial charge in [0.25, 0.3) is 0 Å². The number of amides is 1. The second-order valence-corrected chi connectivity index (χ2v) is 9.30. The summed E-state index contributed by atoms with van der Waals surface area (Å²) < 4.78 is 8.16. The lowest BCUT2D eigenvalue weighted by atomic mass is 10.0. The Bertz CT molecular complexity index is 1340. The number of aromatic nitrogens is 1. The van der Waals surface area contributed by atoms with Crippen molar-refractivity contribution < 1.29 is 19.4 Å². The number of carboxylic acid groups (broad SMARTS) is 1. The molecule has 1 amide bonds. The molecule has 0 atom stereocenters. The van der Waals surface area contributed by atoms with E-state index in [1.54, 1.807) is 11.0 Å². The highest BCUT2D eigenvalue weighted by Gasteiger charge is 2.27. The van der Waals surface area contributed by atoms with Crippen LogP contribution in [0.1, 0.15) is 9.67 Å². The molecule has 0 unspecified atom stereocenters. The lowest BCUT2D eigenvalue weighted by Crippen LogP contribution is -2.42. The summed E-state index contributed by atoms with van der Waals surface area (Å²) in [6.07, 6.45) is 0. The Morgan fingerprint density at radius 1 is 1.00 bits per heavy atom. The number of carbonyl (C=O) groups is 2. The van der Waals surface area contributed by atoms with E-state index in [1.165, 1.54) is 11.3 Å². The van der Waals surface area contributed by atoms with Crippen molar-refractivity contribution in [2.75, 3.05) is 26.3 Å². The molecule has 1 aliphatic rings. The van der Waals surface area contributed by atoms with E-state index in [9.17, 15) is 14.7 Å². The minimum Gasteiger partial charge on any atom is -0.477 e. The minimum atomic E-state index is -0.981. The van der Waals surface area contributed by atoms with Crippen molar-refractivity contribution in [3.63, 3.8) is 0 Å². The Morgan fingerprint density at radius 3 is 2.42 bits per heavy atom. The number of benzene rings is 2. The molecule has 33 heavy (non-hydrogen) atoms. The maximum Gasteiger partial charge on any atom is 0.345 e. The van der Waals surface area contributed by atoms with Gasteiger partial charge in [0.15, 0.2) is 0 Å². The molecule has 0 spiro atoms. The van der Waals surface area contributed by atoms with Crippen LogP contribution >= 0.6 is 22.9 Å². The fourth-order valence-electron chi connectivity index (χ4n) is 4.25. The predicted octanol–water partition coefficient (Wildman–Crippen LogP) is 5.25. The Kier molecular flexibility index (Phi) is 5.93. The Labute approximate surface area is 199 Å². The van der Waals surface area contributed by atoms with Crippen molar-refractivity contribution in [3.05, 3.63) is 70.6 Å². The van der Waals surface area contributed by atoms with Crippen molar-refractivity contribution in [1.82, 2.24) is 9.47 Å². The summed E-state index contributed by atoms with van der Waals surface area (Å²) in [5.41, 5.74) is 4.31. The predicted molar refractivity (Wildman–Crippen MR) is 130 cm³/mol. The second-order valence-electron chi connectivity index (χ2n) is 7.81. The molecule has 8 heteroatoms. The molecule has 4 aromatic rings. The van der Waals surface area contributed by atoms with Crippen LogP contribution in [-0.4, -0.2) is 52.8 Å². The summed E-state index contributed by atoms with van der Waals surface area (Å²) in [7, 11) is 0. The zero-order valence-corrected chi connectivity index (χ0v) is 19.2. The van der Waals surface area contributed by atoms with Gasteiger partial charge in [-0.25, -0.2) is 4.79 Å². The van der Waals surface area contributed by atoms with Crippen LogP contribution in [0.2, 0.25) is 5.02 Å². The van der Waals surface area contributed by atoms with E-state index >= 15 is 0 Å². The third-order valence-electron chi connectivity index (χ3n) is 5.77. The van der Waals surface area contributed by atoms with Gasteiger partial charge in [0, 0.05) is 29.2 Å². The highest BCUT2D eigenvalue weighted by Crippen LogP contribution is 2.45. The summed E-state index contributed by atoms with van der Waals surface area (Å²) in [5.74, 6) is -1.01. The molecule has 0 bridgehead atoms. The topological polar surface area (TPSA) is 71.8 Å². The van der Waals surface area contributed by atoms with Crippen molar-refractivity contribution >= 4 is 45.0 Å². The number of rotatable bonds is 5. The van der Waals surface area contributed by atoms with E-state index in [4.69, 9.17) is 16.3 Å². The highest BCUT2D eigenvalue weighted by molar-refractivity contribution is 7.21. The zero-order chi connectivity index (χ0) is 22.9. The highest BCUT2D eigenvalue weighted by atomic mass is 35.5. The number of carbonyl (C=O) groups excluding carboxylic acids is 1. The van der Waals surface area contributed by atoms with Crippen molar-refractivity contribution in [3.8, 4) is 22.4 Å². The Hall–Kier alpha value is -3.13. The van der Waals surface area contributed by atoms with Gasteiger partial charge < -0.3 is 19.3 Å². The summed E-state index contributed by atoms with van der Waals surface area (Å²) in [5, 5.41) is 10.3. The number of hydrogen-bond donors (Lipinski definition) is 1. The van der Waals surface area contributed by atoms with Crippen LogP contribution in [0.4, 0.5) is 0 Å². The summed E-state index contributed by atoms with van der Waals surface area (Å²) in [6, 6.07) is 19.0. The molecule has 2 aromatic heterocycles. The third kappa shape index (κ3) is 4.15. The van der Waals surface area contributed by atoms with Crippen molar-refractivity contribution in [1.29, 1.82) is 0 Å². The average Bonchev–Trinajstić information content (AvgIpc) is 3.38. The van der Waals surface area contributed by atoms with E-state index < -0.39 is 5.97 Å². The Balaban J connectivity index is 1.76. The standard InChI is InChI=1S/C25H21ClN2O4S/c26-18-8-4-7-17(13-18)23-22(16-5-2-1-3-6-16)24-19(14-20(33-24)25(30)31)28(23)15-21(29)27-9-11-32-12-10-27/h1-8,13-14H,9-12,15H2,(H,30,31). The van der Waals surface area contributed by atoms with Crippen LogP contribution in [-0.2, 0) is 16.1 Å². The van der Waals surface area contributed by atoms with Gasteiger partial charge in [0.1, 0.15) is 11.4 Å². The first-order chi connectivity index (χ1) is 16.0. The van der Waals surface area contributed by atoms with E-state index in [1.807, 2.05) is 59.2 Å². The van der Waals surface area contributed by atoms with Crippen LogP contribution in [0.25, 0.3) is 32.6 Å². The third-order valence-corrected chi connectivity index (χ3v) is 7.13. The van der Waals surface area contributed by atoms with E-state index in [2.05, 4.69) is 0 Å². The average molecular weight is 481 g/mol. The molecule has 1 N–H and O–H groups in total. The molecule has 1 saturated heterocycles. The smallest absolute Gasteiger partial charge is 0.345 e. The first kappa shape index (κ1) is 21.7. The van der Waals surface area contributed by atoms with Gasteiger partial charge in [-0.15, -0.1) is 11.3 Å². The van der Waals surface area contributed by atoms with Crippen LogP contribution in [0, 0.1) is 0 Å². The minimum absolute atomic E-state index is 0.0267. The van der Waals surface area contributed by atoms with Gasteiger partial charge in [0.05, 0.1) is 29.1 Å². The van der Waals surface area contributed by atoms with E-state index in [-0.39, 0.29) is 17.3 Å². The molecule has 5 rings (SSSR count). The van der Waals surface area contributed by atoms with Crippen LogP contribution in [0.3, 0.4) is 0 Å². The number of ether oxygens (including phenoxy) is 1. The van der Waals surface area contributed by atoms with Gasteiger partial charge in [0.2, 0.25) is 5.91 Å². The van der Waals surface area contributed by atoms with E-state index in [0.29, 0.717) is 31.3 Å². The first-order valence-electron chi connectivity index (χ1n) is 10.6. The molecule has 1 aliphatic heterocycles.